The number of allylic oxidation sites excluding steroid dienone is 1. The van der Waals surface area contributed by atoms with Gasteiger partial charge in [-0.25, -0.2) is 4.99 Å². The van der Waals surface area contributed by atoms with E-state index in [1.54, 1.807) is 23.9 Å². The number of fused-ring (bicyclic) bond motifs is 1. The second-order valence-corrected chi connectivity index (χ2v) is 11.8. The van der Waals surface area contributed by atoms with Crippen molar-refractivity contribution in [1.82, 2.24) is 4.90 Å². The number of nitro groups is 1. The van der Waals surface area contributed by atoms with E-state index in [0.717, 1.165) is 55.9 Å². The summed E-state index contributed by atoms with van der Waals surface area (Å²) in [4.78, 5) is 18.6. The fourth-order valence-corrected chi connectivity index (χ4v) is 6.57. The van der Waals surface area contributed by atoms with Crippen LogP contribution in [0.15, 0.2) is 109 Å². The molecular weight excluding hydrogens is 614 g/mol. The second-order valence-electron chi connectivity index (χ2n) is 9.10. The minimum atomic E-state index is -0.343. The van der Waals surface area contributed by atoms with E-state index in [9.17, 15) is 10.1 Å². The maximum absolute atomic E-state index is 11.5. The molecule has 3 aromatic rings. The van der Waals surface area contributed by atoms with E-state index in [0.29, 0.717) is 0 Å². The molecule has 0 amide bonds. The van der Waals surface area contributed by atoms with Crippen molar-refractivity contribution in [2.24, 2.45) is 4.99 Å². The lowest BCUT2D eigenvalue weighted by atomic mass is 9.83. The number of hydrogen-bond donors (Lipinski definition) is 0. The van der Waals surface area contributed by atoms with Crippen LogP contribution >= 0.6 is 43.6 Å². The number of non-ortho nitro benzene ring substituents is 1. The third-order valence-corrected chi connectivity index (χ3v) is 8.68. The number of aliphatic imine (C=N–C) groups is 1. The Kier molecular flexibility index (Phi) is 6.65. The molecule has 0 unspecified atom stereocenters. The van der Waals surface area contributed by atoms with Crippen LogP contribution in [0, 0.1) is 10.1 Å². The lowest BCUT2D eigenvalue weighted by Gasteiger charge is -2.40. The average molecular weight is 635 g/mol. The van der Waals surface area contributed by atoms with Crippen LogP contribution in [-0.2, 0) is 0 Å². The summed E-state index contributed by atoms with van der Waals surface area (Å²) in [5.74, 6) is 0. The SMILES string of the molecule is O=[N+]([O-])c1cccc(C2=CSC3=NC4=C(CCC/C4=C\c4ccc(Br)cc4)[C@@H](c4ccc(Br)cc4)N23)c1. The maximum Gasteiger partial charge on any atom is 0.270 e. The molecule has 5 nitrogen and oxygen atoms in total. The number of benzene rings is 3. The quantitative estimate of drug-likeness (QED) is 0.212. The molecule has 0 aromatic heterocycles. The predicted octanol–water partition coefficient (Wildman–Crippen LogP) is 9.10. The highest BCUT2D eigenvalue weighted by Crippen LogP contribution is 2.51. The third kappa shape index (κ3) is 4.74. The molecule has 0 fully saturated rings. The van der Waals surface area contributed by atoms with Gasteiger partial charge in [0, 0.05) is 32.0 Å². The van der Waals surface area contributed by atoms with Gasteiger partial charge in [-0.3, -0.25) is 10.1 Å². The van der Waals surface area contributed by atoms with E-state index < -0.39 is 0 Å². The Morgan fingerprint density at radius 3 is 2.46 bits per heavy atom. The van der Waals surface area contributed by atoms with Crippen LogP contribution < -0.4 is 0 Å². The zero-order chi connectivity index (χ0) is 25.5. The highest BCUT2D eigenvalue weighted by Gasteiger charge is 2.40. The molecule has 2 heterocycles. The number of amidine groups is 1. The number of nitrogens with zero attached hydrogens (tertiary/aromatic N) is 3. The van der Waals surface area contributed by atoms with Crippen LogP contribution in [0.4, 0.5) is 5.69 Å². The van der Waals surface area contributed by atoms with Gasteiger partial charge in [-0.2, -0.15) is 0 Å². The molecule has 8 heteroatoms. The smallest absolute Gasteiger partial charge is 0.270 e. The minimum Gasteiger partial charge on any atom is -0.308 e. The van der Waals surface area contributed by atoms with Gasteiger partial charge >= 0.3 is 0 Å². The van der Waals surface area contributed by atoms with Crippen LogP contribution in [0.25, 0.3) is 11.8 Å². The van der Waals surface area contributed by atoms with Gasteiger partial charge in [0.25, 0.3) is 5.69 Å². The molecule has 0 spiro atoms. The van der Waals surface area contributed by atoms with Crippen LogP contribution in [0.2, 0.25) is 0 Å². The zero-order valence-electron chi connectivity index (χ0n) is 19.6. The van der Waals surface area contributed by atoms with E-state index in [2.05, 4.69) is 96.8 Å². The standard InChI is InChI=1S/C29H21Br2N3O2S/c30-22-11-7-18(8-12-22)15-21-4-2-6-25-27(21)32-29-33(28(25)19-9-13-23(31)14-10-19)26(17-37-29)20-3-1-5-24(16-20)34(35)36/h1,3,5,7-17,28H,2,4,6H2/b21-15+/t28-/m1/s1. The first-order valence-corrected chi connectivity index (χ1v) is 14.4. The van der Waals surface area contributed by atoms with Gasteiger partial charge in [0.1, 0.15) is 0 Å². The van der Waals surface area contributed by atoms with Gasteiger partial charge in [-0.05, 0) is 71.9 Å². The largest absolute Gasteiger partial charge is 0.308 e. The van der Waals surface area contributed by atoms with Gasteiger partial charge in [-0.1, -0.05) is 80.0 Å². The monoisotopic (exact) mass is 633 g/mol. The van der Waals surface area contributed by atoms with Crippen LogP contribution in [-0.4, -0.2) is 15.0 Å². The van der Waals surface area contributed by atoms with Crippen molar-refractivity contribution >= 4 is 66.2 Å². The molecule has 0 radical (unpaired) electrons. The van der Waals surface area contributed by atoms with Gasteiger partial charge in [0.15, 0.2) is 5.17 Å². The Balaban J connectivity index is 1.48. The molecule has 3 aromatic carbocycles. The summed E-state index contributed by atoms with van der Waals surface area (Å²) >= 11 is 8.68. The summed E-state index contributed by atoms with van der Waals surface area (Å²) in [6.45, 7) is 0. The Morgan fingerprint density at radius 1 is 1.00 bits per heavy atom. The van der Waals surface area contributed by atoms with E-state index in [4.69, 9.17) is 4.99 Å². The van der Waals surface area contributed by atoms with Crippen LogP contribution in [0.1, 0.15) is 42.0 Å². The number of hydrogen-bond acceptors (Lipinski definition) is 5. The van der Waals surface area contributed by atoms with E-state index in [-0.39, 0.29) is 16.7 Å². The molecule has 0 saturated heterocycles. The van der Waals surface area contributed by atoms with Crippen molar-refractivity contribution in [3.8, 4) is 0 Å². The highest BCUT2D eigenvalue weighted by molar-refractivity contribution is 9.10. The van der Waals surface area contributed by atoms with Crippen molar-refractivity contribution in [2.75, 3.05) is 0 Å². The second kappa shape index (κ2) is 10.1. The molecule has 0 bridgehead atoms. The average Bonchev–Trinajstić information content (AvgIpc) is 3.33. The lowest BCUT2D eigenvalue weighted by molar-refractivity contribution is -0.384. The Bertz CT molecular complexity index is 1530. The fraction of sp³-hybridized carbons (Fsp3) is 0.138. The maximum atomic E-state index is 11.5. The first-order valence-electron chi connectivity index (χ1n) is 11.9. The Hall–Kier alpha value is -2.94. The number of nitro benzene ring substituents is 1. The first kappa shape index (κ1) is 24.4. The van der Waals surface area contributed by atoms with E-state index >= 15 is 0 Å². The summed E-state index contributed by atoms with van der Waals surface area (Å²) in [6.07, 6.45) is 5.24. The molecule has 1 atom stereocenters. The molecule has 0 saturated carbocycles. The topological polar surface area (TPSA) is 58.7 Å². The fourth-order valence-electron chi connectivity index (χ4n) is 5.11. The highest BCUT2D eigenvalue weighted by atomic mass is 79.9. The molecule has 3 aliphatic rings. The number of thioether (sulfide) groups is 1. The first-order chi connectivity index (χ1) is 18.0. The summed E-state index contributed by atoms with van der Waals surface area (Å²) < 4.78 is 2.09. The van der Waals surface area contributed by atoms with Gasteiger partial charge in [-0.15, -0.1) is 0 Å². The molecule has 37 heavy (non-hydrogen) atoms. The van der Waals surface area contributed by atoms with E-state index in [1.807, 2.05) is 6.07 Å². The molecule has 0 N–H and O–H groups in total. The van der Waals surface area contributed by atoms with Gasteiger partial charge in [0.05, 0.1) is 22.4 Å². The van der Waals surface area contributed by atoms with E-state index in [1.165, 1.54) is 22.8 Å². The number of halogens is 2. The Labute approximate surface area is 236 Å². The van der Waals surface area contributed by atoms with Crippen LogP contribution in [0.5, 0.6) is 0 Å². The summed E-state index contributed by atoms with van der Waals surface area (Å²) in [5.41, 5.74) is 7.80. The van der Waals surface area contributed by atoms with Crippen molar-refractivity contribution < 1.29 is 4.92 Å². The van der Waals surface area contributed by atoms with Crippen molar-refractivity contribution in [3.63, 3.8) is 0 Å². The normalized spacial score (nSPS) is 19.9. The van der Waals surface area contributed by atoms with Crippen molar-refractivity contribution in [1.29, 1.82) is 0 Å². The minimum absolute atomic E-state index is 0.0373. The van der Waals surface area contributed by atoms with Gasteiger partial charge < -0.3 is 4.90 Å². The third-order valence-electron chi connectivity index (χ3n) is 6.79. The summed E-state index contributed by atoms with van der Waals surface area (Å²) in [7, 11) is 0. The molecule has 6 rings (SSSR count). The lowest BCUT2D eigenvalue weighted by Crippen LogP contribution is -2.34. The van der Waals surface area contributed by atoms with Crippen LogP contribution in [0.3, 0.4) is 0 Å². The molecule has 1 aliphatic carbocycles. The molecule has 2 aliphatic heterocycles. The predicted molar refractivity (Wildman–Crippen MR) is 158 cm³/mol. The summed E-state index contributed by atoms with van der Waals surface area (Å²) in [6, 6.07) is 23.6. The van der Waals surface area contributed by atoms with Crippen molar-refractivity contribution in [2.45, 2.75) is 25.3 Å². The zero-order valence-corrected chi connectivity index (χ0v) is 23.6. The Morgan fingerprint density at radius 2 is 1.73 bits per heavy atom. The number of rotatable bonds is 4. The molecular formula is C29H21Br2N3O2S. The van der Waals surface area contributed by atoms with Crippen molar-refractivity contribution in [3.05, 3.63) is 131 Å². The molecule has 184 valence electrons. The summed E-state index contributed by atoms with van der Waals surface area (Å²) in [5, 5.41) is 14.5. The van der Waals surface area contributed by atoms with Gasteiger partial charge in [0.2, 0.25) is 0 Å².